The predicted molar refractivity (Wildman–Crippen MR) is 63.8 cm³/mol. The Morgan fingerprint density at radius 1 is 1.38 bits per heavy atom. The molecule has 0 bridgehead atoms. The van der Waals surface area contributed by atoms with Crippen molar-refractivity contribution in [2.75, 3.05) is 0 Å². The molecule has 3 nitrogen and oxygen atoms in total. The summed E-state index contributed by atoms with van der Waals surface area (Å²) in [7, 11) is 1.87. The van der Waals surface area contributed by atoms with E-state index in [4.69, 9.17) is 11.6 Å². The standard InChI is InChI=1S/C12H11ClN2O/c1-8-12(6-14-15(8)2)11-4-3-10(13)5-9(11)7-16/h3-7H,1-2H3. The highest BCUT2D eigenvalue weighted by atomic mass is 35.5. The first kappa shape index (κ1) is 10.9. The lowest BCUT2D eigenvalue weighted by Crippen LogP contribution is -1.93. The molecular formula is C12H11ClN2O. The summed E-state index contributed by atoms with van der Waals surface area (Å²) in [6.45, 7) is 1.96. The fourth-order valence-electron chi connectivity index (χ4n) is 1.64. The zero-order valence-electron chi connectivity index (χ0n) is 9.07. The number of aromatic nitrogens is 2. The molecule has 2 rings (SSSR count). The van der Waals surface area contributed by atoms with Crippen molar-refractivity contribution in [2.24, 2.45) is 7.05 Å². The summed E-state index contributed by atoms with van der Waals surface area (Å²) >= 11 is 5.85. The lowest BCUT2D eigenvalue weighted by Gasteiger charge is -2.04. The van der Waals surface area contributed by atoms with Gasteiger partial charge in [0.05, 0.1) is 6.20 Å². The Morgan fingerprint density at radius 2 is 2.12 bits per heavy atom. The van der Waals surface area contributed by atoms with Crippen molar-refractivity contribution >= 4 is 17.9 Å². The number of aryl methyl sites for hydroxylation is 1. The molecule has 0 spiro atoms. The smallest absolute Gasteiger partial charge is 0.150 e. The number of halogens is 1. The van der Waals surface area contributed by atoms with Gasteiger partial charge in [0.15, 0.2) is 6.29 Å². The van der Waals surface area contributed by atoms with Gasteiger partial charge in [-0.3, -0.25) is 9.48 Å². The monoisotopic (exact) mass is 234 g/mol. The second kappa shape index (κ2) is 4.10. The van der Waals surface area contributed by atoms with E-state index in [-0.39, 0.29) is 0 Å². The Balaban J connectivity index is 2.64. The molecule has 0 aliphatic rings. The Bertz CT molecular complexity index is 546. The molecule has 82 valence electrons. The average molecular weight is 235 g/mol. The Morgan fingerprint density at radius 3 is 2.69 bits per heavy atom. The molecule has 0 saturated heterocycles. The highest BCUT2D eigenvalue weighted by Crippen LogP contribution is 2.27. The third kappa shape index (κ3) is 1.74. The quantitative estimate of drug-likeness (QED) is 0.749. The van der Waals surface area contributed by atoms with Crippen LogP contribution in [-0.2, 0) is 7.05 Å². The Labute approximate surface area is 98.7 Å². The Kier molecular flexibility index (Phi) is 2.79. The summed E-state index contributed by atoms with van der Waals surface area (Å²) in [5, 5.41) is 4.72. The van der Waals surface area contributed by atoms with Crippen LogP contribution in [0.4, 0.5) is 0 Å². The average Bonchev–Trinajstić information content (AvgIpc) is 2.60. The van der Waals surface area contributed by atoms with Crippen molar-refractivity contribution in [1.29, 1.82) is 0 Å². The minimum atomic E-state index is 0.562. The maximum absolute atomic E-state index is 11.0. The fourth-order valence-corrected chi connectivity index (χ4v) is 1.82. The normalized spacial score (nSPS) is 10.4. The van der Waals surface area contributed by atoms with Gasteiger partial charge in [0.25, 0.3) is 0 Å². The second-order valence-corrected chi connectivity index (χ2v) is 4.05. The molecule has 1 heterocycles. The molecule has 0 fully saturated rings. The first-order valence-electron chi connectivity index (χ1n) is 4.87. The number of benzene rings is 1. The van der Waals surface area contributed by atoms with Crippen LogP contribution in [0.1, 0.15) is 16.1 Å². The number of nitrogens with zero attached hydrogens (tertiary/aromatic N) is 2. The molecule has 16 heavy (non-hydrogen) atoms. The topological polar surface area (TPSA) is 34.9 Å². The van der Waals surface area contributed by atoms with Crippen molar-refractivity contribution in [3.63, 3.8) is 0 Å². The molecule has 0 saturated carbocycles. The molecule has 2 aromatic rings. The minimum Gasteiger partial charge on any atom is -0.298 e. The van der Waals surface area contributed by atoms with Crippen LogP contribution in [0.2, 0.25) is 5.02 Å². The number of carbonyl (C=O) groups excluding carboxylic acids is 1. The zero-order chi connectivity index (χ0) is 11.7. The predicted octanol–water partition coefficient (Wildman–Crippen LogP) is 2.86. The van der Waals surface area contributed by atoms with Crippen LogP contribution in [-0.4, -0.2) is 16.1 Å². The summed E-state index contributed by atoms with van der Waals surface area (Å²) in [5.74, 6) is 0. The molecular weight excluding hydrogens is 224 g/mol. The van der Waals surface area contributed by atoms with E-state index in [9.17, 15) is 4.79 Å². The van der Waals surface area contributed by atoms with Gasteiger partial charge in [-0.25, -0.2) is 0 Å². The van der Waals surface area contributed by atoms with Gasteiger partial charge in [0.2, 0.25) is 0 Å². The maximum Gasteiger partial charge on any atom is 0.150 e. The Hall–Kier alpha value is -1.61. The number of aldehydes is 1. The van der Waals surface area contributed by atoms with E-state index in [0.717, 1.165) is 23.1 Å². The van der Waals surface area contributed by atoms with Gasteiger partial charge in [-0.15, -0.1) is 0 Å². The number of carbonyl (C=O) groups is 1. The van der Waals surface area contributed by atoms with Gasteiger partial charge in [-0.05, 0) is 24.6 Å². The first-order valence-corrected chi connectivity index (χ1v) is 5.25. The van der Waals surface area contributed by atoms with Crippen LogP contribution < -0.4 is 0 Å². The SMILES string of the molecule is Cc1c(-c2ccc(Cl)cc2C=O)cnn1C. The summed E-state index contributed by atoms with van der Waals surface area (Å²) < 4.78 is 1.78. The molecule has 0 N–H and O–H groups in total. The van der Waals surface area contributed by atoms with E-state index >= 15 is 0 Å². The van der Waals surface area contributed by atoms with Crippen LogP contribution in [0.5, 0.6) is 0 Å². The number of hydrogen-bond donors (Lipinski definition) is 0. The van der Waals surface area contributed by atoms with Crippen molar-refractivity contribution in [2.45, 2.75) is 6.92 Å². The van der Waals surface area contributed by atoms with Gasteiger partial charge >= 0.3 is 0 Å². The van der Waals surface area contributed by atoms with E-state index in [1.165, 1.54) is 0 Å². The highest BCUT2D eigenvalue weighted by Gasteiger charge is 2.10. The van der Waals surface area contributed by atoms with E-state index in [0.29, 0.717) is 10.6 Å². The molecule has 0 atom stereocenters. The van der Waals surface area contributed by atoms with Crippen LogP contribution in [0, 0.1) is 6.92 Å². The molecule has 0 aliphatic carbocycles. The van der Waals surface area contributed by atoms with E-state index < -0.39 is 0 Å². The molecule has 1 aromatic heterocycles. The van der Waals surface area contributed by atoms with Crippen LogP contribution in [0.15, 0.2) is 24.4 Å². The largest absolute Gasteiger partial charge is 0.298 e. The van der Waals surface area contributed by atoms with E-state index in [1.807, 2.05) is 20.0 Å². The lowest BCUT2D eigenvalue weighted by atomic mass is 10.0. The zero-order valence-corrected chi connectivity index (χ0v) is 9.82. The van der Waals surface area contributed by atoms with Crippen molar-refractivity contribution in [1.82, 2.24) is 9.78 Å². The fraction of sp³-hybridized carbons (Fsp3) is 0.167. The summed E-state index contributed by atoms with van der Waals surface area (Å²) in [6, 6.07) is 5.28. The highest BCUT2D eigenvalue weighted by molar-refractivity contribution is 6.31. The number of rotatable bonds is 2. The summed E-state index contributed by atoms with van der Waals surface area (Å²) in [6.07, 6.45) is 2.57. The van der Waals surface area contributed by atoms with Crippen molar-refractivity contribution in [3.8, 4) is 11.1 Å². The van der Waals surface area contributed by atoms with Crippen LogP contribution in [0.25, 0.3) is 11.1 Å². The van der Waals surface area contributed by atoms with Gasteiger partial charge in [-0.2, -0.15) is 5.10 Å². The molecule has 4 heteroatoms. The van der Waals surface area contributed by atoms with Crippen molar-refractivity contribution < 1.29 is 4.79 Å². The summed E-state index contributed by atoms with van der Waals surface area (Å²) in [5.41, 5.74) is 3.43. The minimum absolute atomic E-state index is 0.562. The lowest BCUT2D eigenvalue weighted by molar-refractivity contribution is 0.112. The van der Waals surface area contributed by atoms with E-state index in [1.54, 1.807) is 23.0 Å². The third-order valence-electron chi connectivity index (χ3n) is 2.67. The number of hydrogen-bond acceptors (Lipinski definition) is 2. The maximum atomic E-state index is 11.0. The molecule has 0 amide bonds. The second-order valence-electron chi connectivity index (χ2n) is 3.62. The van der Waals surface area contributed by atoms with Gasteiger partial charge in [0, 0.05) is 28.9 Å². The van der Waals surface area contributed by atoms with Gasteiger partial charge in [-0.1, -0.05) is 17.7 Å². The van der Waals surface area contributed by atoms with Gasteiger partial charge in [0.1, 0.15) is 0 Å². The molecule has 0 aliphatic heterocycles. The van der Waals surface area contributed by atoms with Crippen LogP contribution in [0.3, 0.4) is 0 Å². The van der Waals surface area contributed by atoms with E-state index in [2.05, 4.69) is 5.10 Å². The molecule has 1 aromatic carbocycles. The van der Waals surface area contributed by atoms with Gasteiger partial charge < -0.3 is 0 Å². The molecule has 0 radical (unpaired) electrons. The first-order chi connectivity index (χ1) is 7.63. The molecule has 0 unspecified atom stereocenters. The summed E-state index contributed by atoms with van der Waals surface area (Å²) in [4.78, 5) is 11.0. The van der Waals surface area contributed by atoms with Crippen LogP contribution >= 0.6 is 11.6 Å². The third-order valence-corrected chi connectivity index (χ3v) is 2.90. The van der Waals surface area contributed by atoms with Crippen molar-refractivity contribution in [3.05, 3.63) is 40.7 Å².